The Hall–Kier alpha value is -2.39. The molecule has 2 heterocycles. The number of aryl methyl sites for hydroxylation is 2. The van der Waals surface area contributed by atoms with Gasteiger partial charge in [0, 0.05) is 51.9 Å². The molecule has 2 aromatic rings. The first-order chi connectivity index (χ1) is 14.8. The van der Waals surface area contributed by atoms with Crippen molar-refractivity contribution in [1.29, 1.82) is 0 Å². The number of hydrogen-bond acceptors (Lipinski definition) is 6. The number of aliphatic imine (C=N–C) groups is 1. The monoisotopic (exact) mass is 447 g/mol. The Labute approximate surface area is 185 Å². The fraction of sp³-hybridized carbons (Fsp3) is 0.545. The number of sulfone groups is 1. The van der Waals surface area contributed by atoms with E-state index in [1.165, 1.54) is 0 Å². The molecule has 0 radical (unpaired) electrons. The van der Waals surface area contributed by atoms with E-state index in [2.05, 4.69) is 25.3 Å². The Bertz CT molecular complexity index is 981. The number of aromatic nitrogens is 1. The second-order valence-corrected chi connectivity index (χ2v) is 10.1. The summed E-state index contributed by atoms with van der Waals surface area (Å²) in [7, 11) is -1.65. The van der Waals surface area contributed by atoms with E-state index in [0.717, 1.165) is 55.5 Å². The van der Waals surface area contributed by atoms with Crippen molar-refractivity contribution in [1.82, 2.24) is 20.3 Å². The quantitative estimate of drug-likeness (QED) is 0.514. The lowest BCUT2D eigenvalue weighted by molar-refractivity contribution is 0.168. The standard InChI is InChI=1S/C22H33N5O3S/c1-5-19(16-31(28,29)21-7-6-17(2)18(3)14-21)24-22(23-4)27-11-9-26(10-12-27)15-20-8-13-30-25-20/h6-8,13-14,19H,5,9-12,15-16H2,1-4H3,(H,23,24). The molecule has 1 aliphatic rings. The molecule has 1 aromatic carbocycles. The van der Waals surface area contributed by atoms with Crippen LogP contribution in [0, 0.1) is 13.8 Å². The van der Waals surface area contributed by atoms with Crippen LogP contribution in [0.15, 0.2) is 44.9 Å². The average molecular weight is 448 g/mol. The molecule has 0 bridgehead atoms. The van der Waals surface area contributed by atoms with E-state index >= 15 is 0 Å². The summed E-state index contributed by atoms with van der Waals surface area (Å²) >= 11 is 0. The molecule has 1 aliphatic heterocycles. The molecule has 1 fully saturated rings. The zero-order chi connectivity index (χ0) is 22.4. The van der Waals surface area contributed by atoms with Gasteiger partial charge in [-0.1, -0.05) is 18.1 Å². The maximum absolute atomic E-state index is 13.0. The second kappa shape index (κ2) is 10.3. The van der Waals surface area contributed by atoms with Crippen molar-refractivity contribution >= 4 is 15.8 Å². The van der Waals surface area contributed by atoms with E-state index in [0.29, 0.717) is 11.3 Å². The van der Waals surface area contributed by atoms with Gasteiger partial charge in [-0.15, -0.1) is 0 Å². The van der Waals surface area contributed by atoms with Gasteiger partial charge in [0.05, 0.1) is 16.3 Å². The number of piperazine rings is 1. The van der Waals surface area contributed by atoms with Gasteiger partial charge in [-0.2, -0.15) is 0 Å². The predicted octanol–water partition coefficient (Wildman–Crippen LogP) is 2.24. The smallest absolute Gasteiger partial charge is 0.193 e. The van der Waals surface area contributed by atoms with Crippen LogP contribution in [0.4, 0.5) is 0 Å². The zero-order valence-electron chi connectivity index (χ0n) is 18.8. The second-order valence-electron chi connectivity index (χ2n) is 8.08. The summed E-state index contributed by atoms with van der Waals surface area (Å²) in [4.78, 5) is 9.31. The van der Waals surface area contributed by atoms with Crippen molar-refractivity contribution in [2.75, 3.05) is 39.0 Å². The molecule has 1 saturated heterocycles. The SMILES string of the molecule is CCC(CS(=O)(=O)c1ccc(C)c(C)c1)NC(=NC)N1CCN(Cc2ccon2)CC1. The first-order valence-electron chi connectivity index (χ1n) is 10.7. The molecule has 1 atom stereocenters. The van der Waals surface area contributed by atoms with Gasteiger partial charge in [-0.25, -0.2) is 8.42 Å². The highest BCUT2D eigenvalue weighted by Crippen LogP contribution is 2.18. The summed E-state index contributed by atoms with van der Waals surface area (Å²) in [6.07, 6.45) is 2.28. The van der Waals surface area contributed by atoms with Gasteiger partial charge in [-0.05, 0) is 43.5 Å². The van der Waals surface area contributed by atoms with Crippen LogP contribution in [-0.4, -0.2) is 74.4 Å². The lowest BCUT2D eigenvalue weighted by Crippen LogP contribution is -2.54. The van der Waals surface area contributed by atoms with Crippen LogP contribution >= 0.6 is 0 Å². The van der Waals surface area contributed by atoms with Gasteiger partial charge >= 0.3 is 0 Å². The van der Waals surface area contributed by atoms with E-state index in [4.69, 9.17) is 4.52 Å². The molecule has 0 amide bonds. The van der Waals surface area contributed by atoms with Gasteiger partial charge < -0.3 is 14.7 Å². The molecular formula is C22H33N5O3S. The van der Waals surface area contributed by atoms with Crippen molar-refractivity contribution in [3.8, 4) is 0 Å². The summed E-state index contributed by atoms with van der Waals surface area (Å²) in [6.45, 7) is 10.1. The third kappa shape index (κ3) is 6.07. The van der Waals surface area contributed by atoms with Crippen LogP contribution in [0.3, 0.4) is 0 Å². The van der Waals surface area contributed by atoms with E-state index in [1.807, 2.05) is 32.9 Å². The highest BCUT2D eigenvalue weighted by Gasteiger charge is 2.25. The Morgan fingerprint density at radius 1 is 1.19 bits per heavy atom. The van der Waals surface area contributed by atoms with E-state index in [9.17, 15) is 8.42 Å². The van der Waals surface area contributed by atoms with Crippen LogP contribution in [0.25, 0.3) is 0 Å². The van der Waals surface area contributed by atoms with Crippen LogP contribution in [0.1, 0.15) is 30.2 Å². The number of nitrogens with zero attached hydrogens (tertiary/aromatic N) is 4. The van der Waals surface area contributed by atoms with E-state index in [1.54, 1.807) is 25.4 Å². The zero-order valence-corrected chi connectivity index (χ0v) is 19.7. The molecule has 31 heavy (non-hydrogen) atoms. The predicted molar refractivity (Wildman–Crippen MR) is 122 cm³/mol. The van der Waals surface area contributed by atoms with Crippen molar-refractivity contribution in [2.24, 2.45) is 4.99 Å². The van der Waals surface area contributed by atoms with Crippen molar-refractivity contribution in [2.45, 2.75) is 44.7 Å². The highest BCUT2D eigenvalue weighted by molar-refractivity contribution is 7.91. The fourth-order valence-electron chi connectivity index (χ4n) is 3.68. The number of hydrogen-bond donors (Lipinski definition) is 1. The normalized spacial score (nSPS) is 17.0. The van der Waals surface area contributed by atoms with Gasteiger partial charge in [0.15, 0.2) is 15.8 Å². The molecule has 0 saturated carbocycles. The van der Waals surface area contributed by atoms with Crippen molar-refractivity contribution < 1.29 is 12.9 Å². The third-order valence-corrected chi connectivity index (χ3v) is 7.66. The lowest BCUT2D eigenvalue weighted by Gasteiger charge is -2.37. The Balaban J connectivity index is 1.59. The summed E-state index contributed by atoms with van der Waals surface area (Å²) in [6, 6.07) is 7.01. The summed E-state index contributed by atoms with van der Waals surface area (Å²) < 4.78 is 30.9. The molecule has 3 rings (SSSR count). The molecular weight excluding hydrogens is 414 g/mol. The molecule has 1 aromatic heterocycles. The van der Waals surface area contributed by atoms with Gasteiger partial charge in [0.1, 0.15) is 6.26 Å². The minimum Gasteiger partial charge on any atom is -0.364 e. The third-order valence-electron chi connectivity index (χ3n) is 5.84. The summed E-state index contributed by atoms with van der Waals surface area (Å²) in [5.74, 6) is 0.792. The average Bonchev–Trinajstić information content (AvgIpc) is 3.26. The van der Waals surface area contributed by atoms with Crippen LogP contribution in [0.2, 0.25) is 0 Å². The first kappa shape index (κ1) is 23.3. The van der Waals surface area contributed by atoms with Crippen molar-refractivity contribution in [3.63, 3.8) is 0 Å². The number of rotatable bonds is 7. The lowest BCUT2D eigenvalue weighted by atomic mass is 10.1. The Kier molecular flexibility index (Phi) is 7.72. The molecule has 8 nitrogen and oxygen atoms in total. The van der Waals surface area contributed by atoms with Gasteiger partial charge in [0.2, 0.25) is 0 Å². The van der Waals surface area contributed by atoms with E-state index < -0.39 is 9.84 Å². The van der Waals surface area contributed by atoms with Crippen LogP contribution in [0.5, 0.6) is 0 Å². The van der Waals surface area contributed by atoms with Crippen LogP contribution < -0.4 is 5.32 Å². The molecule has 1 N–H and O–H groups in total. The molecule has 0 aliphatic carbocycles. The summed E-state index contributed by atoms with van der Waals surface area (Å²) in [5.41, 5.74) is 3.01. The number of guanidine groups is 1. The first-order valence-corrected chi connectivity index (χ1v) is 12.4. The molecule has 1 unspecified atom stereocenters. The molecule has 170 valence electrons. The fourth-order valence-corrected chi connectivity index (χ4v) is 5.35. The minimum absolute atomic E-state index is 0.0388. The summed E-state index contributed by atoms with van der Waals surface area (Å²) in [5, 5.41) is 7.36. The number of benzene rings is 1. The minimum atomic E-state index is -3.39. The Morgan fingerprint density at radius 3 is 2.52 bits per heavy atom. The molecule has 0 spiro atoms. The Morgan fingerprint density at radius 2 is 1.94 bits per heavy atom. The van der Waals surface area contributed by atoms with Crippen LogP contribution in [-0.2, 0) is 16.4 Å². The van der Waals surface area contributed by atoms with Gasteiger partial charge in [0.25, 0.3) is 0 Å². The van der Waals surface area contributed by atoms with Gasteiger partial charge in [-0.3, -0.25) is 9.89 Å². The molecule has 9 heteroatoms. The topological polar surface area (TPSA) is 91.0 Å². The number of nitrogens with one attached hydrogen (secondary N) is 1. The van der Waals surface area contributed by atoms with Crippen molar-refractivity contribution in [3.05, 3.63) is 47.3 Å². The maximum atomic E-state index is 13.0. The van der Waals surface area contributed by atoms with E-state index in [-0.39, 0.29) is 11.8 Å². The highest BCUT2D eigenvalue weighted by atomic mass is 32.2. The maximum Gasteiger partial charge on any atom is 0.193 e. The largest absolute Gasteiger partial charge is 0.364 e.